The average molecular weight is 226 g/mol. The first-order valence-corrected chi connectivity index (χ1v) is 6.59. The molecule has 3 nitrogen and oxygen atoms in total. The van der Waals surface area contributed by atoms with Gasteiger partial charge >= 0.3 is 0 Å². The van der Waals surface area contributed by atoms with E-state index in [4.69, 9.17) is 10.5 Å². The fourth-order valence-electron chi connectivity index (χ4n) is 3.12. The third-order valence-corrected chi connectivity index (χ3v) is 4.15. The molecule has 16 heavy (non-hydrogen) atoms. The normalized spacial score (nSPS) is 40.9. The minimum Gasteiger partial charge on any atom is -0.376 e. The molecule has 94 valence electrons. The average Bonchev–Trinajstić information content (AvgIpc) is 2.22. The number of morpholine rings is 1. The highest BCUT2D eigenvalue weighted by Gasteiger charge is 2.37. The van der Waals surface area contributed by atoms with Gasteiger partial charge in [-0.25, -0.2) is 0 Å². The van der Waals surface area contributed by atoms with Crippen molar-refractivity contribution in [2.45, 2.75) is 58.2 Å². The van der Waals surface area contributed by atoms with Crippen LogP contribution in [0.25, 0.3) is 0 Å². The number of hydrogen-bond donors (Lipinski definition) is 1. The fourth-order valence-corrected chi connectivity index (χ4v) is 3.12. The van der Waals surface area contributed by atoms with Crippen LogP contribution in [0.2, 0.25) is 0 Å². The van der Waals surface area contributed by atoms with E-state index in [1.54, 1.807) is 0 Å². The molecule has 1 aliphatic carbocycles. The van der Waals surface area contributed by atoms with Crippen molar-refractivity contribution in [2.24, 2.45) is 11.1 Å². The summed E-state index contributed by atoms with van der Waals surface area (Å²) < 4.78 is 5.60. The van der Waals surface area contributed by atoms with Gasteiger partial charge in [0.2, 0.25) is 0 Å². The number of rotatable bonds is 1. The standard InChI is InChI=1S/C13H26N2O/c1-10-9-15(6-7-16-10)12-8-13(2,3)5-4-11(12)14/h10-12H,4-9,14H2,1-3H3. The molecule has 0 spiro atoms. The molecule has 2 N–H and O–H groups in total. The second kappa shape index (κ2) is 4.63. The molecule has 0 amide bonds. The van der Waals surface area contributed by atoms with Crippen molar-refractivity contribution in [2.75, 3.05) is 19.7 Å². The summed E-state index contributed by atoms with van der Waals surface area (Å²) in [5, 5.41) is 0. The first kappa shape index (κ1) is 12.3. The molecule has 0 aromatic rings. The van der Waals surface area contributed by atoms with Gasteiger partial charge in [-0.15, -0.1) is 0 Å². The van der Waals surface area contributed by atoms with Crippen molar-refractivity contribution in [1.29, 1.82) is 0 Å². The summed E-state index contributed by atoms with van der Waals surface area (Å²) in [6.45, 7) is 9.87. The highest BCUT2D eigenvalue weighted by Crippen LogP contribution is 2.37. The van der Waals surface area contributed by atoms with Crippen molar-refractivity contribution >= 4 is 0 Å². The minimum absolute atomic E-state index is 0.360. The van der Waals surface area contributed by atoms with E-state index in [2.05, 4.69) is 25.7 Å². The van der Waals surface area contributed by atoms with Crippen molar-refractivity contribution in [3.8, 4) is 0 Å². The van der Waals surface area contributed by atoms with E-state index in [1.807, 2.05) is 0 Å². The molecule has 0 aromatic carbocycles. The van der Waals surface area contributed by atoms with Gasteiger partial charge in [-0.3, -0.25) is 4.90 Å². The quantitative estimate of drug-likeness (QED) is 0.738. The Morgan fingerprint density at radius 3 is 2.81 bits per heavy atom. The Labute approximate surface area is 99.3 Å². The van der Waals surface area contributed by atoms with Gasteiger partial charge in [-0.05, 0) is 31.6 Å². The van der Waals surface area contributed by atoms with Gasteiger partial charge in [0.25, 0.3) is 0 Å². The summed E-state index contributed by atoms with van der Waals surface area (Å²) in [6, 6.07) is 0.924. The van der Waals surface area contributed by atoms with Crippen LogP contribution in [-0.4, -0.2) is 42.8 Å². The first-order chi connectivity index (χ1) is 7.48. The fraction of sp³-hybridized carbons (Fsp3) is 1.00. The van der Waals surface area contributed by atoms with Crippen molar-refractivity contribution < 1.29 is 4.74 Å². The number of nitrogens with two attached hydrogens (primary N) is 1. The van der Waals surface area contributed by atoms with Crippen molar-refractivity contribution in [1.82, 2.24) is 4.90 Å². The van der Waals surface area contributed by atoms with Gasteiger partial charge in [0.05, 0.1) is 12.7 Å². The molecule has 3 atom stereocenters. The van der Waals surface area contributed by atoms with Crippen LogP contribution >= 0.6 is 0 Å². The van der Waals surface area contributed by atoms with Crippen molar-refractivity contribution in [3.63, 3.8) is 0 Å². The lowest BCUT2D eigenvalue weighted by molar-refractivity contribution is -0.0516. The van der Waals surface area contributed by atoms with Crippen LogP contribution in [0.1, 0.15) is 40.0 Å². The highest BCUT2D eigenvalue weighted by atomic mass is 16.5. The second-order valence-electron chi connectivity index (χ2n) is 6.31. The second-order valence-corrected chi connectivity index (χ2v) is 6.31. The molecule has 1 saturated carbocycles. The SMILES string of the molecule is CC1CN(C2CC(C)(C)CCC2N)CCO1. The van der Waals surface area contributed by atoms with Crippen LogP contribution in [0.5, 0.6) is 0 Å². The van der Waals surface area contributed by atoms with E-state index in [0.29, 0.717) is 23.6 Å². The first-order valence-electron chi connectivity index (χ1n) is 6.59. The zero-order valence-electron chi connectivity index (χ0n) is 10.9. The van der Waals surface area contributed by atoms with Crippen LogP contribution < -0.4 is 5.73 Å². The lowest BCUT2D eigenvalue weighted by atomic mass is 9.72. The zero-order chi connectivity index (χ0) is 11.8. The summed E-state index contributed by atoms with van der Waals surface area (Å²) in [5.41, 5.74) is 6.75. The summed E-state index contributed by atoms with van der Waals surface area (Å²) >= 11 is 0. The van der Waals surface area contributed by atoms with Gasteiger partial charge in [0.1, 0.15) is 0 Å². The molecule has 2 aliphatic rings. The maximum atomic E-state index is 6.29. The van der Waals surface area contributed by atoms with Crippen LogP contribution in [-0.2, 0) is 4.74 Å². The Kier molecular flexibility index (Phi) is 3.57. The summed E-state index contributed by atoms with van der Waals surface area (Å²) in [6.07, 6.45) is 4.04. The molecule has 0 radical (unpaired) electrons. The van der Waals surface area contributed by atoms with Crippen molar-refractivity contribution in [3.05, 3.63) is 0 Å². The number of nitrogens with zero attached hydrogens (tertiary/aromatic N) is 1. The molecule has 3 heteroatoms. The Balaban J connectivity index is 2.00. The smallest absolute Gasteiger partial charge is 0.0674 e. The summed E-state index contributed by atoms with van der Waals surface area (Å²) in [7, 11) is 0. The molecular weight excluding hydrogens is 200 g/mol. The predicted octanol–water partition coefficient (Wildman–Crippen LogP) is 1.61. The van der Waals surface area contributed by atoms with Gasteiger partial charge in [0, 0.05) is 25.2 Å². The molecule has 1 aliphatic heterocycles. The van der Waals surface area contributed by atoms with Crippen LogP contribution in [0, 0.1) is 5.41 Å². The van der Waals surface area contributed by atoms with Crippen LogP contribution in [0.4, 0.5) is 0 Å². The lowest BCUT2D eigenvalue weighted by Crippen LogP contribution is -2.57. The monoisotopic (exact) mass is 226 g/mol. The van der Waals surface area contributed by atoms with Gasteiger partial charge in [-0.1, -0.05) is 13.8 Å². The molecular formula is C13H26N2O. The van der Waals surface area contributed by atoms with E-state index < -0.39 is 0 Å². The maximum absolute atomic E-state index is 6.29. The van der Waals surface area contributed by atoms with Gasteiger partial charge in [0.15, 0.2) is 0 Å². The summed E-state index contributed by atoms with van der Waals surface area (Å²) in [4.78, 5) is 2.56. The van der Waals surface area contributed by atoms with Gasteiger partial charge < -0.3 is 10.5 Å². The molecule has 2 rings (SSSR count). The molecule has 1 saturated heterocycles. The van der Waals surface area contributed by atoms with E-state index in [0.717, 1.165) is 19.7 Å². The minimum atomic E-state index is 0.360. The molecule has 0 aromatic heterocycles. The topological polar surface area (TPSA) is 38.5 Å². The van der Waals surface area contributed by atoms with Gasteiger partial charge in [-0.2, -0.15) is 0 Å². The van der Waals surface area contributed by atoms with E-state index >= 15 is 0 Å². The van der Waals surface area contributed by atoms with E-state index in [1.165, 1.54) is 19.3 Å². The molecule has 0 bridgehead atoms. The maximum Gasteiger partial charge on any atom is 0.0674 e. The molecule has 2 fully saturated rings. The Morgan fingerprint density at radius 1 is 1.38 bits per heavy atom. The predicted molar refractivity (Wildman–Crippen MR) is 66.4 cm³/mol. The summed E-state index contributed by atoms with van der Waals surface area (Å²) in [5.74, 6) is 0. The Bertz CT molecular complexity index is 242. The third kappa shape index (κ3) is 2.76. The number of ether oxygens (including phenoxy) is 1. The zero-order valence-corrected chi connectivity index (χ0v) is 10.9. The molecule has 3 unspecified atom stereocenters. The van der Waals surface area contributed by atoms with E-state index in [9.17, 15) is 0 Å². The highest BCUT2D eigenvalue weighted by molar-refractivity contribution is 4.93. The van der Waals surface area contributed by atoms with Crippen LogP contribution in [0.3, 0.4) is 0 Å². The van der Waals surface area contributed by atoms with E-state index in [-0.39, 0.29) is 0 Å². The van der Waals surface area contributed by atoms with Crippen LogP contribution in [0.15, 0.2) is 0 Å². The Hall–Kier alpha value is -0.120. The third-order valence-electron chi connectivity index (χ3n) is 4.15. The largest absolute Gasteiger partial charge is 0.376 e. The number of hydrogen-bond acceptors (Lipinski definition) is 3. The lowest BCUT2D eigenvalue weighted by Gasteiger charge is -2.46. The molecule has 1 heterocycles. The Morgan fingerprint density at radius 2 is 2.12 bits per heavy atom.